The van der Waals surface area contributed by atoms with E-state index in [-0.39, 0.29) is 0 Å². The zero-order chi connectivity index (χ0) is 12.0. The highest BCUT2D eigenvalue weighted by Gasteiger charge is 2.01. The molecular weight excluding hydrogens is 266 g/mol. The smallest absolute Gasteiger partial charge is 0.134 e. The van der Waals surface area contributed by atoms with Crippen molar-refractivity contribution in [2.75, 3.05) is 13.2 Å². The number of nitrogens with two attached hydrogens (primary N) is 1. The lowest BCUT2D eigenvalue weighted by atomic mass is 10.2. The first-order valence-corrected chi connectivity index (χ1v) is 5.86. The normalized spacial score (nSPS) is 10.7. The summed E-state index contributed by atoms with van der Waals surface area (Å²) in [6.45, 7) is 6.81. The van der Waals surface area contributed by atoms with E-state index in [0.29, 0.717) is 13.2 Å². The minimum atomic E-state index is 0.538. The zero-order valence-corrected chi connectivity index (χ0v) is 11.0. The van der Waals surface area contributed by atoms with Gasteiger partial charge in [-0.2, -0.15) is 0 Å². The van der Waals surface area contributed by atoms with Gasteiger partial charge in [-0.3, -0.25) is 0 Å². The minimum absolute atomic E-state index is 0.538. The van der Waals surface area contributed by atoms with Crippen LogP contribution in [0, 0.1) is 0 Å². The molecule has 0 aliphatic heterocycles. The molecule has 86 valence electrons. The van der Waals surface area contributed by atoms with Crippen molar-refractivity contribution >= 4 is 22.0 Å². The molecule has 0 aliphatic rings. The Morgan fingerprint density at radius 1 is 1.56 bits per heavy atom. The number of ether oxygens (including phenoxy) is 1. The van der Waals surface area contributed by atoms with Gasteiger partial charge in [-0.1, -0.05) is 24.8 Å². The van der Waals surface area contributed by atoms with E-state index in [9.17, 15) is 0 Å². The van der Waals surface area contributed by atoms with Crippen LogP contribution in [0.15, 0.2) is 40.9 Å². The van der Waals surface area contributed by atoms with E-state index >= 15 is 0 Å². The van der Waals surface area contributed by atoms with Crippen LogP contribution < -0.4 is 10.5 Å². The van der Waals surface area contributed by atoms with E-state index in [1.54, 1.807) is 0 Å². The largest absolute Gasteiger partial charge is 0.488 e. The third-order valence-electron chi connectivity index (χ3n) is 1.88. The Labute approximate surface area is 105 Å². The average Bonchev–Trinajstić information content (AvgIpc) is 2.24. The van der Waals surface area contributed by atoms with Gasteiger partial charge in [0.05, 0.1) is 4.47 Å². The Bertz CT molecular complexity index is 399. The summed E-state index contributed by atoms with van der Waals surface area (Å²) in [6, 6.07) is 5.92. The summed E-state index contributed by atoms with van der Waals surface area (Å²) >= 11 is 3.47. The Kier molecular flexibility index (Phi) is 5.29. The number of hydrogen-bond donors (Lipinski definition) is 1. The minimum Gasteiger partial charge on any atom is -0.488 e. The molecule has 1 aromatic rings. The molecular formula is C13H16BrNO. The van der Waals surface area contributed by atoms with Crippen LogP contribution in [0.25, 0.3) is 6.08 Å². The van der Waals surface area contributed by atoms with Crippen molar-refractivity contribution in [2.45, 2.75) is 6.92 Å². The third kappa shape index (κ3) is 4.21. The van der Waals surface area contributed by atoms with Gasteiger partial charge in [-0.25, -0.2) is 0 Å². The molecule has 16 heavy (non-hydrogen) atoms. The number of halogens is 1. The lowest BCUT2D eigenvalue weighted by molar-refractivity contribution is 0.350. The van der Waals surface area contributed by atoms with Crippen molar-refractivity contribution in [3.05, 3.63) is 46.5 Å². The van der Waals surface area contributed by atoms with Gasteiger partial charge < -0.3 is 10.5 Å². The quantitative estimate of drug-likeness (QED) is 0.840. The second kappa shape index (κ2) is 6.51. The molecule has 0 bridgehead atoms. The van der Waals surface area contributed by atoms with Gasteiger partial charge in [0.2, 0.25) is 0 Å². The molecule has 2 nitrogen and oxygen atoms in total. The molecule has 0 spiro atoms. The molecule has 2 N–H and O–H groups in total. The first-order chi connectivity index (χ1) is 7.63. The molecule has 0 aliphatic carbocycles. The molecule has 0 atom stereocenters. The highest BCUT2D eigenvalue weighted by molar-refractivity contribution is 9.10. The maximum Gasteiger partial charge on any atom is 0.134 e. The molecule has 0 saturated carbocycles. The fourth-order valence-electron chi connectivity index (χ4n) is 1.14. The Balaban J connectivity index is 2.75. The standard InChI is InChI=1S/C13H16BrNO/c1-10(2)9-16-13-6-5-11(4-3-7-15)8-12(13)14/h3-6,8H,1,7,9,15H2,2H3/b4-3+. The molecule has 0 saturated heterocycles. The predicted molar refractivity (Wildman–Crippen MR) is 72.5 cm³/mol. The van der Waals surface area contributed by atoms with Crippen LogP contribution in [0.1, 0.15) is 12.5 Å². The third-order valence-corrected chi connectivity index (χ3v) is 2.50. The average molecular weight is 282 g/mol. The Morgan fingerprint density at radius 2 is 2.31 bits per heavy atom. The van der Waals surface area contributed by atoms with Crippen LogP contribution in [-0.2, 0) is 0 Å². The molecule has 3 heteroatoms. The molecule has 0 radical (unpaired) electrons. The second-order valence-corrected chi connectivity index (χ2v) is 4.43. The summed E-state index contributed by atoms with van der Waals surface area (Å²) in [7, 11) is 0. The molecule has 1 rings (SSSR count). The molecule has 0 unspecified atom stereocenters. The van der Waals surface area contributed by atoms with Gasteiger partial charge >= 0.3 is 0 Å². The van der Waals surface area contributed by atoms with Crippen molar-refractivity contribution in [1.82, 2.24) is 0 Å². The number of benzene rings is 1. The van der Waals surface area contributed by atoms with Crippen molar-refractivity contribution < 1.29 is 4.74 Å². The zero-order valence-electron chi connectivity index (χ0n) is 9.37. The lowest BCUT2D eigenvalue weighted by Gasteiger charge is -2.08. The molecule has 0 heterocycles. The van der Waals surface area contributed by atoms with E-state index in [2.05, 4.69) is 22.5 Å². The van der Waals surface area contributed by atoms with E-state index in [4.69, 9.17) is 10.5 Å². The van der Waals surface area contributed by atoms with Crippen LogP contribution in [0.2, 0.25) is 0 Å². The fourth-order valence-corrected chi connectivity index (χ4v) is 1.65. The van der Waals surface area contributed by atoms with Gasteiger partial charge in [0.25, 0.3) is 0 Å². The summed E-state index contributed by atoms with van der Waals surface area (Å²) in [6.07, 6.45) is 3.89. The first-order valence-electron chi connectivity index (χ1n) is 5.07. The van der Waals surface area contributed by atoms with Crippen LogP contribution in [0.5, 0.6) is 5.75 Å². The van der Waals surface area contributed by atoms with Crippen LogP contribution in [0.4, 0.5) is 0 Å². The highest BCUT2D eigenvalue weighted by Crippen LogP contribution is 2.26. The van der Waals surface area contributed by atoms with Gasteiger partial charge in [-0.15, -0.1) is 0 Å². The van der Waals surface area contributed by atoms with Crippen LogP contribution in [-0.4, -0.2) is 13.2 Å². The first kappa shape index (κ1) is 13.0. The predicted octanol–water partition coefficient (Wildman–Crippen LogP) is 3.38. The topological polar surface area (TPSA) is 35.2 Å². The van der Waals surface area contributed by atoms with Crippen LogP contribution >= 0.6 is 15.9 Å². The van der Waals surface area contributed by atoms with Gasteiger partial charge in [0.1, 0.15) is 12.4 Å². The molecule has 0 amide bonds. The summed E-state index contributed by atoms with van der Waals surface area (Å²) in [5.41, 5.74) is 7.49. The SMILES string of the molecule is C=C(C)COc1ccc(/C=C/CN)cc1Br. The maximum absolute atomic E-state index is 5.56. The van der Waals surface area contributed by atoms with Gasteiger partial charge in [0, 0.05) is 6.54 Å². The monoisotopic (exact) mass is 281 g/mol. The maximum atomic E-state index is 5.56. The van der Waals surface area contributed by atoms with Gasteiger partial charge in [0.15, 0.2) is 0 Å². The summed E-state index contributed by atoms with van der Waals surface area (Å²) in [5, 5.41) is 0. The van der Waals surface area contributed by atoms with Crippen molar-refractivity contribution in [1.29, 1.82) is 0 Å². The highest BCUT2D eigenvalue weighted by atomic mass is 79.9. The Morgan fingerprint density at radius 3 is 2.88 bits per heavy atom. The lowest BCUT2D eigenvalue weighted by Crippen LogP contribution is -1.98. The molecule has 0 fully saturated rings. The Hall–Kier alpha value is -1.06. The number of hydrogen-bond acceptors (Lipinski definition) is 2. The van der Waals surface area contributed by atoms with E-state index in [1.165, 1.54) is 0 Å². The van der Waals surface area contributed by atoms with Crippen molar-refractivity contribution in [3.8, 4) is 5.75 Å². The summed E-state index contributed by atoms with van der Waals surface area (Å²) in [5.74, 6) is 0.827. The fraction of sp³-hybridized carbons (Fsp3) is 0.231. The van der Waals surface area contributed by atoms with E-state index < -0.39 is 0 Å². The molecule has 0 aromatic heterocycles. The van der Waals surface area contributed by atoms with Crippen molar-refractivity contribution in [3.63, 3.8) is 0 Å². The van der Waals surface area contributed by atoms with E-state index in [0.717, 1.165) is 21.4 Å². The number of rotatable bonds is 5. The summed E-state index contributed by atoms with van der Waals surface area (Å²) in [4.78, 5) is 0. The second-order valence-electron chi connectivity index (χ2n) is 3.57. The summed E-state index contributed by atoms with van der Waals surface area (Å²) < 4.78 is 6.50. The van der Waals surface area contributed by atoms with Crippen LogP contribution in [0.3, 0.4) is 0 Å². The van der Waals surface area contributed by atoms with Crippen molar-refractivity contribution in [2.24, 2.45) is 5.73 Å². The molecule has 1 aromatic carbocycles. The van der Waals surface area contributed by atoms with Gasteiger partial charge in [-0.05, 0) is 46.1 Å². The van der Waals surface area contributed by atoms with E-state index in [1.807, 2.05) is 37.3 Å².